The highest BCUT2D eigenvalue weighted by Crippen LogP contribution is 2.35. The topological polar surface area (TPSA) is 107 Å². The Labute approximate surface area is 119 Å². The van der Waals surface area contributed by atoms with Crippen molar-refractivity contribution >= 4 is 11.7 Å². The van der Waals surface area contributed by atoms with Crippen LogP contribution in [0.1, 0.15) is 21.7 Å². The van der Waals surface area contributed by atoms with Crippen LogP contribution >= 0.6 is 0 Å². The lowest BCUT2D eigenvalue weighted by molar-refractivity contribution is -0.385. The molecule has 0 aliphatic carbocycles. The molecule has 8 heteroatoms. The maximum atomic E-state index is 11.0. The molecule has 0 spiro atoms. The van der Waals surface area contributed by atoms with Gasteiger partial charge in [0.25, 0.3) is 0 Å². The molecule has 0 aliphatic heterocycles. The molecule has 0 amide bonds. The first kappa shape index (κ1) is 14.5. The summed E-state index contributed by atoms with van der Waals surface area (Å²) < 4.78 is 7.14. The summed E-state index contributed by atoms with van der Waals surface area (Å²) in [5.41, 5.74) is 0.852. The zero-order chi connectivity index (χ0) is 15.7. The van der Waals surface area contributed by atoms with Crippen LogP contribution in [0.15, 0.2) is 18.2 Å². The number of aromatic carboxylic acids is 1. The molecule has 8 nitrogen and oxygen atoms in total. The highest BCUT2D eigenvalue weighted by molar-refractivity contribution is 5.88. The van der Waals surface area contributed by atoms with Crippen LogP contribution in [0.5, 0.6) is 11.5 Å². The quantitative estimate of drug-likeness (QED) is 0.684. The van der Waals surface area contributed by atoms with E-state index in [-0.39, 0.29) is 17.0 Å². The molecular weight excluding hydrogens is 278 g/mol. The molecule has 0 saturated carbocycles. The Kier molecular flexibility index (Phi) is 3.62. The molecule has 0 atom stereocenters. The van der Waals surface area contributed by atoms with Crippen molar-refractivity contribution in [3.8, 4) is 11.5 Å². The lowest BCUT2D eigenvalue weighted by Gasteiger charge is -2.07. The SMILES string of the molecule is Cc1nn(C)c(C)c1Oc1cc(C(=O)O)ccc1[N+](=O)[O-]. The second-order valence-corrected chi connectivity index (χ2v) is 4.47. The average Bonchev–Trinajstić information content (AvgIpc) is 2.65. The monoisotopic (exact) mass is 291 g/mol. The van der Waals surface area contributed by atoms with Crippen molar-refractivity contribution in [3.05, 3.63) is 45.3 Å². The third kappa shape index (κ3) is 2.69. The molecule has 0 saturated heterocycles. The molecule has 110 valence electrons. The van der Waals surface area contributed by atoms with Gasteiger partial charge < -0.3 is 9.84 Å². The van der Waals surface area contributed by atoms with E-state index in [0.29, 0.717) is 17.1 Å². The van der Waals surface area contributed by atoms with Gasteiger partial charge in [-0.25, -0.2) is 4.79 Å². The number of carbonyl (C=O) groups is 1. The Morgan fingerprint density at radius 1 is 1.43 bits per heavy atom. The fourth-order valence-electron chi connectivity index (χ4n) is 1.89. The van der Waals surface area contributed by atoms with E-state index in [4.69, 9.17) is 9.84 Å². The van der Waals surface area contributed by atoms with Crippen molar-refractivity contribution in [3.63, 3.8) is 0 Å². The van der Waals surface area contributed by atoms with Crippen LogP contribution in [0.3, 0.4) is 0 Å². The Morgan fingerprint density at radius 2 is 2.10 bits per heavy atom. The van der Waals surface area contributed by atoms with E-state index < -0.39 is 10.9 Å². The van der Waals surface area contributed by atoms with Gasteiger partial charge >= 0.3 is 11.7 Å². The molecule has 1 heterocycles. The normalized spacial score (nSPS) is 10.4. The van der Waals surface area contributed by atoms with Crippen LogP contribution in [-0.4, -0.2) is 25.8 Å². The summed E-state index contributed by atoms with van der Waals surface area (Å²) in [5.74, 6) is -0.934. The number of hydrogen-bond acceptors (Lipinski definition) is 5. The summed E-state index contributed by atoms with van der Waals surface area (Å²) in [4.78, 5) is 21.4. The molecular formula is C13H13N3O5. The van der Waals surface area contributed by atoms with E-state index in [2.05, 4.69) is 5.10 Å². The zero-order valence-corrected chi connectivity index (χ0v) is 11.7. The number of carboxylic acids is 1. The number of nitro benzene ring substituents is 1. The number of rotatable bonds is 4. The van der Waals surface area contributed by atoms with E-state index >= 15 is 0 Å². The fourth-order valence-corrected chi connectivity index (χ4v) is 1.89. The summed E-state index contributed by atoms with van der Waals surface area (Å²) in [7, 11) is 1.72. The van der Waals surface area contributed by atoms with Crippen LogP contribution in [0.4, 0.5) is 5.69 Å². The molecule has 1 aromatic carbocycles. The number of ether oxygens (including phenoxy) is 1. The largest absolute Gasteiger partial charge is 0.478 e. The molecule has 0 fully saturated rings. The van der Waals surface area contributed by atoms with Crippen molar-refractivity contribution in [1.29, 1.82) is 0 Å². The lowest BCUT2D eigenvalue weighted by Crippen LogP contribution is -2.00. The fraction of sp³-hybridized carbons (Fsp3) is 0.231. The summed E-state index contributed by atoms with van der Waals surface area (Å²) >= 11 is 0. The number of carboxylic acid groups (broad SMARTS) is 1. The lowest BCUT2D eigenvalue weighted by atomic mass is 10.2. The van der Waals surface area contributed by atoms with Crippen molar-refractivity contribution in [1.82, 2.24) is 9.78 Å². The predicted octanol–water partition coefficient (Wildman–Crippen LogP) is 2.44. The van der Waals surface area contributed by atoms with Crippen LogP contribution in [0.25, 0.3) is 0 Å². The minimum Gasteiger partial charge on any atom is -0.478 e. The number of aromatic nitrogens is 2. The van der Waals surface area contributed by atoms with Gasteiger partial charge in [0.15, 0.2) is 5.75 Å². The van der Waals surface area contributed by atoms with Gasteiger partial charge in [0.05, 0.1) is 16.2 Å². The van der Waals surface area contributed by atoms with Gasteiger partial charge in [0.1, 0.15) is 5.69 Å². The van der Waals surface area contributed by atoms with Crippen LogP contribution in [0.2, 0.25) is 0 Å². The number of benzene rings is 1. The Morgan fingerprint density at radius 3 is 2.57 bits per heavy atom. The Hall–Kier alpha value is -2.90. The average molecular weight is 291 g/mol. The molecule has 0 radical (unpaired) electrons. The van der Waals surface area contributed by atoms with Gasteiger partial charge in [-0.05, 0) is 19.9 Å². The minimum absolute atomic E-state index is 0.0882. The zero-order valence-electron chi connectivity index (χ0n) is 11.7. The molecule has 2 aromatic rings. The first-order valence-corrected chi connectivity index (χ1v) is 6.01. The third-order valence-electron chi connectivity index (χ3n) is 3.06. The van der Waals surface area contributed by atoms with Crippen LogP contribution in [0, 0.1) is 24.0 Å². The maximum absolute atomic E-state index is 11.0. The summed E-state index contributed by atoms with van der Waals surface area (Å²) in [5, 5.41) is 24.1. The van der Waals surface area contributed by atoms with E-state index in [1.807, 2.05) is 0 Å². The van der Waals surface area contributed by atoms with E-state index in [9.17, 15) is 14.9 Å². The van der Waals surface area contributed by atoms with Crippen LogP contribution < -0.4 is 4.74 Å². The summed E-state index contributed by atoms with van der Waals surface area (Å²) in [6.07, 6.45) is 0. The van der Waals surface area contributed by atoms with Crippen molar-refractivity contribution in [2.24, 2.45) is 7.05 Å². The number of nitrogens with zero attached hydrogens (tertiary/aromatic N) is 3. The highest BCUT2D eigenvalue weighted by atomic mass is 16.6. The van der Waals surface area contributed by atoms with E-state index in [0.717, 1.165) is 18.2 Å². The van der Waals surface area contributed by atoms with E-state index in [1.165, 1.54) is 0 Å². The van der Waals surface area contributed by atoms with Crippen molar-refractivity contribution < 1.29 is 19.6 Å². The van der Waals surface area contributed by atoms with Gasteiger partial charge in [-0.3, -0.25) is 14.8 Å². The van der Waals surface area contributed by atoms with Crippen LogP contribution in [-0.2, 0) is 7.05 Å². The predicted molar refractivity (Wildman–Crippen MR) is 72.8 cm³/mol. The van der Waals surface area contributed by atoms with Gasteiger partial charge in [-0.15, -0.1) is 0 Å². The maximum Gasteiger partial charge on any atom is 0.335 e. The second-order valence-electron chi connectivity index (χ2n) is 4.47. The molecule has 1 aromatic heterocycles. The van der Waals surface area contributed by atoms with Gasteiger partial charge in [-0.1, -0.05) is 0 Å². The van der Waals surface area contributed by atoms with Crippen molar-refractivity contribution in [2.75, 3.05) is 0 Å². The molecule has 0 unspecified atom stereocenters. The highest BCUT2D eigenvalue weighted by Gasteiger charge is 2.21. The second kappa shape index (κ2) is 5.23. The smallest absolute Gasteiger partial charge is 0.335 e. The first-order valence-electron chi connectivity index (χ1n) is 6.01. The number of nitro groups is 1. The van der Waals surface area contributed by atoms with E-state index in [1.54, 1.807) is 25.6 Å². The standard InChI is InChI=1S/C13H13N3O5/c1-7-12(8(2)15(3)14-7)21-11-6-9(13(17)18)4-5-10(11)16(19)20/h4-6H,1-3H3,(H,17,18). The molecule has 0 aliphatic rings. The van der Waals surface area contributed by atoms with Gasteiger partial charge in [-0.2, -0.15) is 5.10 Å². The Bertz CT molecular complexity index is 736. The number of hydrogen-bond donors (Lipinski definition) is 1. The third-order valence-corrected chi connectivity index (χ3v) is 3.06. The summed E-state index contributed by atoms with van der Waals surface area (Å²) in [6, 6.07) is 3.41. The molecule has 1 N–H and O–H groups in total. The van der Waals surface area contributed by atoms with Gasteiger partial charge in [0.2, 0.25) is 5.75 Å². The van der Waals surface area contributed by atoms with Crippen molar-refractivity contribution in [2.45, 2.75) is 13.8 Å². The molecule has 21 heavy (non-hydrogen) atoms. The first-order chi connectivity index (χ1) is 9.81. The molecule has 2 rings (SSSR count). The molecule has 0 bridgehead atoms. The summed E-state index contributed by atoms with van der Waals surface area (Å²) in [6.45, 7) is 3.46. The Balaban J connectivity index is 2.53. The minimum atomic E-state index is -1.19. The van der Waals surface area contributed by atoms with Gasteiger partial charge in [0, 0.05) is 19.2 Å². The number of aryl methyl sites for hydroxylation is 2.